The molecule has 0 spiro atoms. The Bertz CT molecular complexity index is 849. The SMILES string of the molecule is COC(=O)c1cc(N)c(Oc2ccccc2OC)c(OCCOC2CCCCO2)c1. The number of carbonyl (C=O) groups excluding carboxylic acids is 1. The first-order chi connectivity index (χ1) is 14.6. The van der Waals surface area contributed by atoms with Crippen LogP contribution in [0.4, 0.5) is 5.69 Å². The number of anilines is 1. The van der Waals surface area contributed by atoms with Crippen LogP contribution in [0, 0.1) is 0 Å². The molecule has 2 aromatic carbocycles. The van der Waals surface area contributed by atoms with E-state index in [1.165, 1.54) is 19.2 Å². The van der Waals surface area contributed by atoms with E-state index in [9.17, 15) is 4.79 Å². The van der Waals surface area contributed by atoms with Crippen molar-refractivity contribution >= 4 is 11.7 Å². The summed E-state index contributed by atoms with van der Waals surface area (Å²) in [6.07, 6.45) is 2.80. The largest absolute Gasteiger partial charge is 0.493 e. The van der Waals surface area contributed by atoms with Crippen LogP contribution in [0.25, 0.3) is 0 Å². The van der Waals surface area contributed by atoms with Gasteiger partial charge in [-0.3, -0.25) is 0 Å². The van der Waals surface area contributed by atoms with Crippen LogP contribution in [0.15, 0.2) is 36.4 Å². The number of esters is 1. The van der Waals surface area contributed by atoms with Gasteiger partial charge in [-0.2, -0.15) is 0 Å². The van der Waals surface area contributed by atoms with Crippen LogP contribution in [-0.2, 0) is 14.2 Å². The molecule has 1 aliphatic rings. The summed E-state index contributed by atoms with van der Waals surface area (Å²) >= 11 is 0. The van der Waals surface area contributed by atoms with E-state index in [1.807, 2.05) is 12.1 Å². The molecule has 8 nitrogen and oxygen atoms in total. The molecule has 0 bridgehead atoms. The number of hydrogen-bond donors (Lipinski definition) is 1. The van der Waals surface area contributed by atoms with Crippen molar-refractivity contribution in [1.29, 1.82) is 0 Å². The molecule has 3 rings (SSSR count). The summed E-state index contributed by atoms with van der Waals surface area (Å²) in [4.78, 5) is 12.0. The second kappa shape index (κ2) is 10.7. The molecule has 2 aromatic rings. The molecule has 0 aromatic heterocycles. The van der Waals surface area contributed by atoms with Gasteiger partial charge in [0.1, 0.15) is 6.61 Å². The third kappa shape index (κ3) is 5.55. The van der Waals surface area contributed by atoms with Gasteiger partial charge in [-0.15, -0.1) is 0 Å². The van der Waals surface area contributed by atoms with Crippen LogP contribution in [0.1, 0.15) is 29.6 Å². The van der Waals surface area contributed by atoms with Crippen LogP contribution in [-0.4, -0.2) is 46.3 Å². The van der Waals surface area contributed by atoms with Crippen LogP contribution in [0.3, 0.4) is 0 Å². The quantitative estimate of drug-likeness (QED) is 0.374. The first-order valence-corrected chi connectivity index (χ1v) is 9.81. The van der Waals surface area contributed by atoms with Crippen molar-refractivity contribution in [2.75, 3.05) is 39.8 Å². The zero-order chi connectivity index (χ0) is 21.3. The van der Waals surface area contributed by atoms with E-state index in [0.717, 1.165) is 19.3 Å². The van der Waals surface area contributed by atoms with Crippen molar-refractivity contribution in [3.63, 3.8) is 0 Å². The first kappa shape index (κ1) is 21.7. The number of carbonyl (C=O) groups is 1. The van der Waals surface area contributed by atoms with Crippen LogP contribution >= 0.6 is 0 Å². The summed E-state index contributed by atoms with van der Waals surface area (Å²) in [6.45, 7) is 1.26. The van der Waals surface area contributed by atoms with Gasteiger partial charge < -0.3 is 34.2 Å². The third-order valence-corrected chi connectivity index (χ3v) is 4.57. The Morgan fingerprint density at radius 3 is 2.60 bits per heavy atom. The highest BCUT2D eigenvalue weighted by atomic mass is 16.7. The minimum absolute atomic E-state index is 0.210. The lowest BCUT2D eigenvalue weighted by atomic mass is 10.1. The summed E-state index contributed by atoms with van der Waals surface area (Å²) in [6, 6.07) is 10.2. The second-order valence-corrected chi connectivity index (χ2v) is 6.65. The van der Waals surface area contributed by atoms with Gasteiger partial charge in [-0.1, -0.05) is 12.1 Å². The fourth-order valence-corrected chi connectivity index (χ4v) is 3.06. The van der Waals surface area contributed by atoms with E-state index >= 15 is 0 Å². The smallest absolute Gasteiger partial charge is 0.338 e. The van der Waals surface area contributed by atoms with Gasteiger partial charge in [-0.05, 0) is 43.5 Å². The van der Waals surface area contributed by atoms with Crippen molar-refractivity contribution in [3.05, 3.63) is 42.0 Å². The predicted octanol–water partition coefficient (Wildman–Crippen LogP) is 3.78. The highest BCUT2D eigenvalue weighted by Gasteiger charge is 2.19. The highest BCUT2D eigenvalue weighted by molar-refractivity contribution is 5.92. The summed E-state index contributed by atoms with van der Waals surface area (Å²) in [5.74, 6) is 1.06. The van der Waals surface area contributed by atoms with E-state index in [0.29, 0.717) is 30.5 Å². The van der Waals surface area contributed by atoms with Crippen molar-refractivity contribution in [1.82, 2.24) is 0 Å². The fraction of sp³-hybridized carbons (Fsp3) is 0.409. The number of hydrogen-bond acceptors (Lipinski definition) is 8. The first-order valence-electron chi connectivity index (χ1n) is 9.81. The molecule has 1 heterocycles. The normalized spacial score (nSPS) is 16.0. The van der Waals surface area contributed by atoms with Gasteiger partial charge in [0.15, 0.2) is 29.3 Å². The summed E-state index contributed by atoms with van der Waals surface area (Å²) in [5, 5.41) is 0. The molecule has 0 aliphatic carbocycles. The monoisotopic (exact) mass is 417 g/mol. The van der Waals surface area contributed by atoms with Gasteiger partial charge in [0.25, 0.3) is 0 Å². The van der Waals surface area contributed by atoms with E-state index in [2.05, 4.69) is 0 Å². The standard InChI is InChI=1S/C22H27NO7/c1-25-17-7-3-4-8-18(17)30-21-16(23)13-15(22(24)26-2)14-19(21)27-11-12-29-20-9-5-6-10-28-20/h3-4,7-8,13-14,20H,5-6,9-12,23H2,1-2H3. The lowest BCUT2D eigenvalue weighted by Gasteiger charge is -2.23. The van der Waals surface area contributed by atoms with Crippen molar-refractivity contribution in [2.45, 2.75) is 25.6 Å². The molecule has 162 valence electrons. The lowest BCUT2D eigenvalue weighted by molar-refractivity contribution is -0.165. The summed E-state index contributed by atoms with van der Waals surface area (Å²) in [7, 11) is 2.85. The molecular formula is C22H27NO7. The van der Waals surface area contributed by atoms with Gasteiger partial charge in [0.2, 0.25) is 0 Å². The molecule has 0 saturated carbocycles. The zero-order valence-electron chi connectivity index (χ0n) is 17.2. The van der Waals surface area contributed by atoms with Crippen LogP contribution in [0.2, 0.25) is 0 Å². The number of nitrogens with two attached hydrogens (primary N) is 1. The summed E-state index contributed by atoms with van der Waals surface area (Å²) in [5.41, 5.74) is 6.66. The number of nitrogen functional groups attached to an aromatic ring is 1. The van der Waals surface area contributed by atoms with Crippen molar-refractivity contribution in [2.24, 2.45) is 0 Å². The van der Waals surface area contributed by atoms with Gasteiger partial charge >= 0.3 is 5.97 Å². The average molecular weight is 417 g/mol. The second-order valence-electron chi connectivity index (χ2n) is 6.65. The van der Waals surface area contributed by atoms with E-state index < -0.39 is 5.97 Å². The Morgan fingerprint density at radius 2 is 1.90 bits per heavy atom. The number of methoxy groups -OCH3 is 2. The van der Waals surface area contributed by atoms with Gasteiger partial charge in [-0.25, -0.2) is 4.79 Å². The maximum Gasteiger partial charge on any atom is 0.338 e. The van der Waals surface area contributed by atoms with E-state index in [4.69, 9.17) is 34.2 Å². The number of ether oxygens (including phenoxy) is 6. The molecule has 1 fully saturated rings. The fourth-order valence-electron chi connectivity index (χ4n) is 3.06. The van der Waals surface area contributed by atoms with Crippen LogP contribution in [0.5, 0.6) is 23.0 Å². The number of benzene rings is 2. The molecule has 1 aliphatic heterocycles. The summed E-state index contributed by atoms with van der Waals surface area (Å²) < 4.78 is 33.2. The Kier molecular flexibility index (Phi) is 7.75. The number of para-hydroxylation sites is 2. The lowest BCUT2D eigenvalue weighted by Crippen LogP contribution is -2.24. The Hall–Kier alpha value is -2.97. The van der Waals surface area contributed by atoms with Gasteiger partial charge in [0, 0.05) is 6.61 Å². The van der Waals surface area contributed by atoms with Gasteiger partial charge in [0.05, 0.1) is 32.1 Å². The van der Waals surface area contributed by atoms with Crippen molar-refractivity contribution in [3.8, 4) is 23.0 Å². The minimum Gasteiger partial charge on any atom is -0.493 e. The van der Waals surface area contributed by atoms with Crippen molar-refractivity contribution < 1.29 is 33.2 Å². The molecule has 1 unspecified atom stereocenters. The molecule has 8 heteroatoms. The van der Waals surface area contributed by atoms with E-state index in [-0.39, 0.29) is 29.9 Å². The Morgan fingerprint density at radius 1 is 1.10 bits per heavy atom. The topological polar surface area (TPSA) is 98.5 Å². The van der Waals surface area contributed by atoms with E-state index in [1.54, 1.807) is 19.2 Å². The molecule has 30 heavy (non-hydrogen) atoms. The van der Waals surface area contributed by atoms with Crippen LogP contribution < -0.4 is 19.9 Å². The third-order valence-electron chi connectivity index (χ3n) is 4.57. The zero-order valence-corrected chi connectivity index (χ0v) is 17.2. The maximum atomic E-state index is 12.0. The Labute approximate surface area is 175 Å². The Balaban J connectivity index is 1.77. The average Bonchev–Trinajstić information content (AvgIpc) is 2.78. The minimum atomic E-state index is -0.526. The molecule has 2 N–H and O–H groups in total. The predicted molar refractivity (Wildman–Crippen MR) is 110 cm³/mol. The molecule has 1 saturated heterocycles. The molecule has 0 radical (unpaired) electrons. The molecule has 0 amide bonds. The number of rotatable bonds is 9. The molecule has 1 atom stereocenters. The molecular weight excluding hydrogens is 390 g/mol. The highest BCUT2D eigenvalue weighted by Crippen LogP contribution is 2.41. The maximum absolute atomic E-state index is 12.0.